The summed E-state index contributed by atoms with van der Waals surface area (Å²) in [5.41, 5.74) is 4.80. The van der Waals surface area contributed by atoms with E-state index in [2.05, 4.69) is 37.0 Å². The van der Waals surface area contributed by atoms with E-state index in [-0.39, 0.29) is 5.91 Å². The lowest BCUT2D eigenvalue weighted by Gasteiger charge is -2.37. The van der Waals surface area contributed by atoms with Gasteiger partial charge in [0.2, 0.25) is 5.91 Å². The zero-order valence-electron chi connectivity index (χ0n) is 16.4. The lowest BCUT2D eigenvalue weighted by molar-refractivity contribution is -0.187. The van der Waals surface area contributed by atoms with Crippen molar-refractivity contribution in [2.75, 3.05) is 26.3 Å². The molecule has 3 heterocycles. The van der Waals surface area contributed by atoms with Crippen molar-refractivity contribution in [3.8, 4) is 0 Å². The van der Waals surface area contributed by atoms with Gasteiger partial charge in [0.15, 0.2) is 5.79 Å². The van der Waals surface area contributed by atoms with E-state index in [1.165, 1.54) is 16.7 Å². The average molecular weight is 419 g/mol. The maximum Gasteiger partial charge on any atom is 0.228 e. The highest BCUT2D eigenvalue weighted by atomic mass is 32.2. The van der Waals surface area contributed by atoms with E-state index < -0.39 is 5.79 Å². The topological polar surface area (TPSA) is 51.7 Å². The second kappa shape index (κ2) is 8.53. The lowest BCUT2D eigenvalue weighted by Crippen LogP contribution is -2.47. The third-order valence-corrected chi connectivity index (χ3v) is 7.53. The van der Waals surface area contributed by atoms with Gasteiger partial charge in [0.25, 0.3) is 0 Å². The third-order valence-electron chi connectivity index (χ3n) is 5.41. The van der Waals surface area contributed by atoms with Crippen molar-refractivity contribution < 1.29 is 14.3 Å². The predicted molar refractivity (Wildman–Crippen MR) is 112 cm³/mol. The van der Waals surface area contributed by atoms with Crippen LogP contribution in [0.1, 0.15) is 35.2 Å². The van der Waals surface area contributed by atoms with Crippen LogP contribution in [-0.2, 0) is 26.4 Å². The molecule has 0 aliphatic carbocycles. The standard InChI is InChI=1S/C21H26N2O3S2/c1-15-3-4-16(2)17(11-15)13-27-20-22-18(14-28-20)12-19(24)23-7-5-21(6-8-23)25-9-10-26-21/h3-4,11,14H,5-10,12-13H2,1-2H3. The van der Waals surface area contributed by atoms with Gasteiger partial charge in [-0.2, -0.15) is 0 Å². The smallest absolute Gasteiger partial charge is 0.228 e. The number of rotatable bonds is 5. The van der Waals surface area contributed by atoms with Crippen molar-refractivity contribution in [2.24, 2.45) is 0 Å². The molecule has 4 rings (SSSR count). The number of hydrogen-bond acceptors (Lipinski definition) is 6. The highest BCUT2D eigenvalue weighted by molar-refractivity contribution is 8.00. The summed E-state index contributed by atoms with van der Waals surface area (Å²) in [5, 5.41) is 2.01. The molecule has 0 saturated carbocycles. The van der Waals surface area contributed by atoms with Crippen molar-refractivity contribution in [1.29, 1.82) is 0 Å². The first-order valence-corrected chi connectivity index (χ1v) is 11.6. The van der Waals surface area contributed by atoms with E-state index in [0.717, 1.165) is 28.6 Å². The summed E-state index contributed by atoms with van der Waals surface area (Å²) in [4.78, 5) is 19.2. The Morgan fingerprint density at radius 3 is 2.75 bits per heavy atom. The summed E-state index contributed by atoms with van der Waals surface area (Å²) in [6.45, 7) is 6.97. The molecule has 1 spiro atoms. The van der Waals surface area contributed by atoms with Gasteiger partial charge in [-0.1, -0.05) is 35.5 Å². The molecule has 7 heteroatoms. The number of carbonyl (C=O) groups excluding carboxylic acids is 1. The minimum atomic E-state index is -0.435. The van der Waals surface area contributed by atoms with Crippen LogP contribution in [-0.4, -0.2) is 47.9 Å². The number of nitrogens with zero attached hydrogens (tertiary/aromatic N) is 2. The van der Waals surface area contributed by atoms with Crippen LogP contribution >= 0.6 is 23.1 Å². The first-order chi connectivity index (χ1) is 13.5. The van der Waals surface area contributed by atoms with Gasteiger partial charge in [0.05, 0.1) is 25.3 Å². The fraction of sp³-hybridized carbons (Fsp3) is 0.524. The molecule has 1 aromatic heterocycles. The second-order valence-electron chi connectivity index (χ2n) is 7.49. The highest BCUT2D eigenvalue weighted by Crippen LogP contribution is 2.32. The Morgan fingerprint density at radius 2 is 2.00 bits per heavy atom. The van der Waals surface area contributed by atoms with E-state index in [9.17, 15) is 4.79 Å². The molecule has 2 aliphatic rings. The number of thiazole rings is 1. The molecule has 0 unspecified atom stereocenters. The molecule has 2 saturated heterocycles. The summed E-state index contributed by atoms with van der Waals surface area (Å²) in [6.07, 6.45) is 1.88. The molecule has 1 aromatic carbocycles. The molecule has 1 amide bonds. The second-order valence-corrected chi connectivity index (χ2v) is 9.57. The van der Waals surface area contributed by atoms with Crippen molar-refractivity contribution in [3.63, 3.8) is 0 Å². The number of thioether (sulfide) groups is 1. The highest BCUT2D eigenvalue weighted by Gasteiger charge is 2.40. The van der Waals surface area contributed by atoms with Crippen LogP contribution in [0, 0.1) is 13.8 Å². The minimum absolute atomic E-state index is 0.143. The Labute approximate surface area is 174 Å². The zero-order chi connectivity index (χ0) is 19.6. The Balaban J connectivity index is 1.28. The average Bonchev–Trinajstić information content (AvgIpc) is 3.33. The molecule has 2 aromatic rings. The maximum atomic E-state index is 12.6. The maximum absolute atomic E-state index is 12.6. The van der Waals surface area contributed by atoms with Crippen LogP contribution < -0.4 is 0 Å². The van der Waals surface area contributed by atoms with Gasteiger partial charge in [-0.25, -0.2) is 4.98 Å². The van der Waals surface area contributed by atoms with Crippen LogP contribution in [0.2, 0.25) is 0 Å². The van der Waals surface area contributed by atoms with Crippen molar-refractivity contribution >= 4 is 29.0 Å². The number of amides is 1. The van der Waals surface area contributed by atoms with E-state index in [0.29, 0.717) is 32.7 Å². The summed E-state index contributed by atoms with van der Waals surface area (Å²) in [7, 11) is 0. The molecule has 5 nitrogen and oxygen atoms in total. The molecule has 0 atom stereocenters. The molecule has 0 N–H and O–H groups in total. The van der Waals surface area contributed by atoms with Crippen LogP contribution in [0.25, 0.3) is 0 Å². The Kier molecular flexibility index (Phi) is 6.06. The Morgan fingerprint density at radius 1 is 1.25 bits per heavy atom. The van der Waals surface area contributed by atoms with Crippen LogP contribution in [0.4, 0.5) is 0 Å². The van der Waals surface area contributed by atoms with Crippen LogP contribution in [0.3, 0.4) is 0 Å². The predicted octanol–water partition coefficient (Wildman–Crippen LogP) is 3.96. The largest absolute Gasteiger partial charge is 0.347 e. The number of piperidine rings is 1. The monoisotopic (exact) mass is 418 g/mol. The van der Waals surface area contributed by atoms with Gasteiger partial charge >= 0.3 is 0 Å². The van der Waals surface area contributed by atoms with Gasteiger partial charge in [0, 0.05) is 37.1 Å². The molecular formula is C21H26N2O3S2. The number of aromatic nitrogens is 1. The first-order valence-electron chi connectivity index (χ1n) is 9.72. The zero-order valence-corrected chi connectivity index (χ0v) is 18.0. The molecule has 2 aliphatic heterocycles. The van der Waals surface area contributed by atoms with E-state index in [1.807, 2.05) is 10.3 Å². The van der Waals surface area contributed by atoms with Crippen LogP contribution in [0.15, 0.2) is 27.9 Å². The van der Waals surface area contributed by atoms with Gasteiger partial charge in [-0.15, -0.1) is 11.3 Å². The van der Waals surface area contributed by atoms with Gasteiger partial charge in [-0.3, -0.25) is 4.79 Å². The molecule has 0 bridgehead atoms. The summed E-state index contributed by atoms with van der Waals surface area (Å²) in [6, 6.07) is 6.55. The number of ether oxygens (including phenoxy) is 2. The molecule has 28 heavy (non-hydrogen) atoms. The molecular weight excluding hydrogens is 392 g/mol. The summed E-state index contributed by atoms with van der Waals surface area (Å²) in [5.74, 6) is 0.613. The van der Waals surface area contributed by atoms with Gasteiger partial charge < -0.3 is 14.4 Å². The lowest BCUT2D eigenvalue weighted by atomic mass is 10.0. The number of likely N-dealkylation sites (tertiary alicyclic amines) is 1. The Hall–Kier alpha value is -1.41. The third kappa shape index (κ3) is 4.59. The van der Waals surface area contributed by atoms with E-state index in [1.54, 1.807) is 23.1 Å². The van der Waals surface area contributed by atoms with Crippen molar-refractivity contribution in [2.45, 2.75) is 49.0 Å². The molecule has 2 fully saturated rings. The minimum Gasteiger partial charge on any atom is -0.347 e. The molecule has 0 radical (unpaired) electrons. The van der Waals surface area contributed by atoms with Crippen molar-refractivity contribution in [3.05, 3.63) is 46.0 Å². The fourth-order valence-electron chi connectivity index (χ4n) is 3.68. The van der Waals surface area contributed by atoms with E-state index in [4.69, 9.17) is 9.47 Å². The number of carbonyl (C=O) groups is 1. The van der Waals surface area contributed by atoms with Crippen molar-refractivity contribution in [1.82, 2.24) is 9.88 Å². The fourth-order valence-corrected chi connectivity index (χ4v) is 5.59. The summed E-state index contributed by atoms with van der Waals surface area (Å²) >= 11 is 3.37. The quantitative estimate of drug-likeness (QED) is 0.688. The molecule has 150 valence electrons. The first kappa shape index (κ1) is 19.9. The van der Waals surface area contributed by atoms with Gasteiger partial charge in [0.1, 0.15) is 4.34 Å². The van der Waals surface area contributed by atoms with Gasteiger partial charge in [-0.05, 0) is 25.0 Å². The normalized spacial score (nSPS) is 18.7. The Bertz CT molecular complexity index is 836. The number of hydrogen-bond donors (Lipinski definition) is 0. The number of aryl methyl sites for hydroxylation is 2. The van der Waals surface area contributed by atoms with Crippen LogP contribution in [0.5, 0.6) is 0 Å². The van der Waals surface area contributed by atoms with E-state index >= 15 is 0 Å². The SMILES string of the molecule is Cc1ccc(C)c(CSc2nc(CC(=O)N3CCC4(CC3)OCCO4)cs2)c1. The summed E-state index contributed by atoms with van der Waals surface area (Å²) < 4.78 is 12.5. The number of benzene rings is 1.